The summed E-state index contributed by atoms with van der Waals surface area (Å²) in [5.74, 6) is -0.827. The molecule has 0 saturated heterocycles. The maximum atomic E-state index is 13.0. The molecule has 0 spiro atoms. The van der Waals surface area contributed by atoms with Gasteiger partial charge in [-0.2, -0.15) is 0 Å². The second-order valence-corrected chi connectivity index (χ2v) is 6.90. The average Bonchev–Trinajstić information content (AvgIpc) is 2.57. The van der Waals surface area contributed by atoms with Crippen LogP contribution < -0.4 is 5.32 Å². The molecule has 1 atom stereocenters. The van der Waals surface area contributed by atoms with Gasteiger partial charge < -0.3 is 10.4 Å². The van der Waals surface area contributed by atoms with Gasteiger partial charge in [0, 0.05) is 18.8 Å². The zero-order chi connectivity index (χ0) is 18.4. The first-order chi connectivity index (χ1) is 11.8. The van der Waals surface area contributed by atoms with Gasteiger partial charge in [0.25, 0.3) is 0 Å². The lowest BCUT2D eigenvalue weighted by atomic mass is 9.86. The third kappa shape index (κ3) is 5.80. The molecule has 1 aromatic carbocycles. The monoisotopic (exact) mass is 342 g/mol. The highest BCUT2D eigenvalue weighted by molar-refractivity contribution is 5.91. The summed E-state index contributed by atoms with van der Waals surface area (Å²) in [6, 6.07) is 8.98. The van der Waals surface area contributed by atoms with Crippen LogP contribution in [-0.4, -0.2) is 22.5 Å². The minimum atomic E-state index is -0.790. The fourth-order valence-corrected chi connectivity index (χ4v) is 2.27. The van der Waals surface area contributed by atoms with E-state index in [0.717, 1.165) is 11.8 Å². The summed E-state index contributed by atoms with van der Waals surface area (Å²) in [7, 11) is 0. The number of nitrogens with zero attached hydrogens (tertiary/aromatic N) is 1. The summed E-state index contributed by atoms with van der Waals surface area (Å²) < 4.78 is 13.0. The normalized spacial score (nSPS) is 13.0. The number of amides is 1. The Balaban J connectivity index is 1.88. The first-order valence-electron chi connectivity index (χ1n) is 8.10. The molecule has 1 aromatic heterocycles. The number of hydrogen-bond acceptors (Lipinski definition) is 3. The minimum absolute atomic E-state index is 0.0499. The van der Waals surface area contributed by atoms with Crippen LogP contribution in [0.2, 0.25) is 0 Å². The molecule has 0 aliphatic rings. The van der Waals surface area contributed by atoms with E-state index in [1.807, 2.05) is 24.3 Å². The molecule has 5 heteroatoms. The second kappa shape index (κ2) is 8.03. The van der Waals surface area contributed by atoms with Crippen LogP contribution >= 0.6 is 0 Å². The van der Waals surface area contributed by atoms with Crippen molar-refractivity contribution in [3.8, 4) is 0 Å². The Kier molecular flexibility index (Phi) is 6.04. The van der Waals surface area contributed by atoms with Crippen molar-refractivity contribution in [2.24, 2.45) is 0 Å². The van der Waals surface area contributed by atoms with Crippen molar-refractivity contribution in [3.63, 3.8) is 0 Å². The summed E-state index contributed by atoms with van der Waals surface area (Å²) in [5, 5.41) is 12.8. The van der Waals surface area contributed by atoms with Crippen LogP contribution in [0.25, 0.3) is 6.08 Å². The van der Waals surface area contributed by atoms with Crippen molar-refractivity contribution < 1.29 is 14.3 Å². The van der Waals surface area contributed by atoms with Crippen molar-refractivity contribution in [1.82, 2.24) is 10.3 Å². The SMILES string of the molecule is CC(C)(C)c1ccc(C(O)CNC(=O)/C=C/c2cncc(F)c2)cc1. The Morgan fingerprint density at radius 1 is 1.28 bits per heavy atom. The molecular weight excluding hydrogens is 319 g/mol. The van der Waals surface area contributed by atoms with Crippen LogP contribution in [0, 0.1) is 5.82 Å². The third-order valence-corrected chi connectivity index (χ3v) is 3.78. The van der Waals surface area contributed by atoms with Crippen LogP contribution in [0.15, 0.2) is 48.8 Å². The lowest BCUT2D eigenvalue weighted by Gasteiger charge is -2.20. The largest absolute Gasteiger partial charge is 0.387 e. The van der Waals surface area contributed by atoms with Gasteiger partial charge in [0.2, 0.25) is 5.91 Å². The molecule has 2 N–H and O–H groups in total. The standard InChI is InChI=1S/C20H23FN2O2/c1-20(2,3)16-7-5-15(6-8-16)18(24)13-23-19(25)9-4-14-10-17(21)12-22-11-14/h4-12,18,24H,13H2,1-3H3,(H,23,25)/b9-4+. The van der Waals surface area contributed by atoms with Crippen molar-refractivity contribution >= 4 is 12.0 Å². The van der Waals surface area contributed by atoms with Crippen molar-refractivity contribution in [1.29, 1.82) is 0 Å². The van der Waals surface area contributed by atoms with E-state index in [9.17, 15) is 14.3 Å². The summed E-state index contributed by atoms with van der Waals surface area (Å²) in [6.45, 7) is 6.47. The number of pyridine rings is 1. The number of aliphatic hydroxyl groups excluding tert-OH is 1. The summed E-state index contributed by atoms with van der Waals surface area (Å²) in [5.41, 5.74) is 2.47. The summed E-state index contributed by atoms with van der Waals surface area (Å²) in [6.07, 6.45) is 4.51. The van der Waals surface area contributed by atoms with Crippen molar-refractivity contribution in [2.75, 3.05) is 6.54 Å². The molecule has 132 valence electrons. The van der Waals surface area contributed by atoms with E-state index in [1.54, 1.807) is 0 Å². The van der Waals surface area contributed by atoms with E-state index in [4.69, 9.17) is 0 Å². The number of aliphatic hydroxyl groups is 1. The molecule has 1 unspecified atom stereocenters. The van der Waals surface area contributed by atoms with Gasteiger partial charge in [-0.25, -0.2) is 4.39 Å². The van der Waals surface area contributed by atoms with Gasteiger partial charge in [-0.05, 0) is 34.2 Å². The molecule has 25 heavy (non-hydrogen) atoms. The van der Waals surface area contributed by atoms with E-state index in [-0.39, 0.29) is 17.9 Å². The molecule has 0 saturated carbocycles. The minimum Gasteiger partial charge on any atom is -0.387 e. The molecule has 0 bridgehead atoms. The first-order valence-corrected chi connectivity index (χ1v) is 8.10. The van der Waals surface area contributed by atoms with Gasteiger partial charge in [-0.15, -0.1) is 0 Å². The lowest BCUT2D eigenvalue weighted by Crippen LogP contribution is -2.26. The number of carbonyl (C=O) groups excluding carboxylic acids is 1. The maximum Gasteiger partial charge on any atom is 0.244 e. The zero-order valence-electron chi connectivity index (χ0n) is 14.7. The predicted octanol–water partition coefficient (Wildman–Crippen LogP) is 3.38. The van der Waals surface area contributed by atoms with Gasteiger partial charge in [-0.3, -0.25) is 9.78 Å². The van der Waals surface area contributed by atoms with Crippen LogP contribution in [0.4, 0.5) is 4.39 Å². The summed E-state index contributed by atoms with van der Waals surface area (Å²) in [4.78, 5) is 15.5. The molecule has 1 heterocycles. The van der Waals surface area contributed by atoms with E-state index in [0.29, 0.717) is 5.56 Å². The Hall–Kier alpha value is -2.53. The predicted molar refractivity (Wildman–Crippen MR) is 96.3 cm³/mol. The second-order valence-electron chi connectivity index (χ2n) is 6.90. The van der Waals surface area contributed by atoms with E-state index in [2.05, 4.69) is 31.1 Å². The first kappa shape index (κ1) is 18.8. The Labute approximate surface area is 147 Å². The Morgan fingerprint density at radius 2 is 1.96 bits per heavy atom. The van der Waals surface area contributed by atoms with Gasteiger partial charge >= 0.3 is 0 Å². The highest BCUT2D eigenvalue weighted by Gasteiger charge is 2.14. The van der Waals surface area contributed by atoms with Crippen molar-refractivity contribution in [3.05, 3.63) is 71.3 Å². The molecular formula is C20H23FN2O2. The Morgan fingerprint density at radius 3 is 2.56 bits per heavy atom. The van der Waals surface area contributed by atoms with E-state index < -0.39 is 11.9 Å². The van der Waals surface area contributed by atoms with E-state index >= 15 is 0 Å². The third-order valence-electron chi connectivity index (χ3n) is 3.78. The number of halogens is 1. The number of carbonyl (C=O) groups is 1. The number of nitrogens with one attached hydrogen (secondary N) is 1. The number of hydrogen-bond donors (Lipinski definition) is 2. The molecule has 2 aromatic rings. The molecule has 4 nitrogen and oxygen atoms in total. The fourth-order valence-electron chi connectivity index (χ4n) is 2.27. The average molecular weight is 342 g/mol. The Bertz CT molecular complexity index is 749. The number of rotatable bonds is 5. The van der Waals surface area contributed by atoms with Gasteiger partial charge in [0.1, 0.15) is 5.82 Å². The lowest BCUT2D eigenvalue weighted by molar-refractivity contribution is -0.116. The highest BCUT2D eigenvalue weighted by atomic mass is 19.1. The van der Waals surface area contributed by atoms with Gasteiger partial charge in [0.15, 0.2) is 0 Å². The van der Waals surface area contributed by atoms with Gasteiger partial charge in [-0.1, -0.05) is 45.0 Å². The number of benzene rings is 1. The molecule has 0 aliphatic heterocycles. The number of aromatic nitrogens is 1. The quantitative estimate of drug-likeness (QED) is 0.819. The molecule has 0 radical (unpaired) electrons. The fraction of sp³-hybridized carbons (Fsp3) is 0.300. The smallest absolute Gasteiger partial charge is 0.244 e. The summed E-state index contributed by atoms with van der Waals surface area (Å²) >= 11 is 0. The molecule has 2 rings (SSSR count). The zero-order valence-corrected chi connectivity index (χ0v) is 14.7. The van der Waals surface area contributed by atoms with Crippen LogP contribution in [0.3, 0.4) is 0 Å². The topological polar surface area (TPSA) is 62.2 Å². The van der Waals surface area contributed by atoms with Gasteiger partial charge in [0.05, 0.1) is 12.3 Å². The van der Waals surface area contributed by atoms with Crippen LogP contribution in [-0.2, 0) is 10.2 Å². The van der Waals surface area contributed by atoms with Crippen LogP contribution in [0.1, 0.15) is 43.6 Å². The van der Waals surface area contributed by atoms with E-state index in [1.165, 1.54) is 30.0 Å². The molecule has 1 amide bonds. The maximum absolute atomic E-state index is 13.0. The molecule has 0 fully saturated rings. The van der Waals surface area contributed by atoms with Crippen LogP contribution in [0.5, 0.6) is 0 Å². The highest BCUT2D eigenvalue weighted by Crippen LogP contribution is 2.23. The molecule has 0 aliphatic carbocycles. The van der Waals surface area contributed by atoms with Crippen molar-refractivity contribution in [2.45, 2.75) is 32.3 Å².